The molecular weight excluding hydrogens is 247 g/mol. The molecule has 1 aromatic carbocycles. The zero-order valence-corrected chi connectivity index (χ0v) is 10.8. The minimum atomic E-state index is -1.14. The third-order valence-electron chi connectivity index (χ3n) is 2.85. The molecule has 0 aromatic heterocycles. The lowest BCUT2D eigenvalue weighted by Gasteiger charge is -2.27. The number of rotatable bonds is 5. The van der Waals surface area contributed by atoms with Gasteiger partial charge >= 0.3 is 5.97 Å². The number of carbonyl (C=O) groups is 1. The molecule has 0 amide bonds. The number of carboxylic acid groups (broad SMARTS) is 1. The Kier molecular flexibility index (Phi) is 5.07. The van der Waals surface area contributed by atoms with Gasteiger partial charge < -0.3 is 10.0 Å². The van der Waals surface area contributed by atoms with Crippen molar-refractivity contribution in [3.8, 4) is 6.07 Å². The van der Waals surface area contributed by atoms with Crippen LogP contribution in [0.3, 0.4) is 0 Å². The second kappa shape index (κ2) is 6.55. The van der Waals surface area contributed by atoms with E-state index in [1.54, 1.807) is 24.1 Å². The van der Waals surface area contributed by atoms with E-state index in [-0.39, 0.29) is 11.6 Å². The molecule has 1 rings (SSSR count). The number of nitriles is 1. The van der Waals surface area contributed by atoms with E-state index >= 15 is 0 Å². The van der Waals surface area contributed by atoms with Crippen molar-refractivity contribution in [2.75, 3.05) is 11.9 Å². The molecule has 0 aliphatic rings. The van der Waals surface area contributed by atoms with Gasteiger partial charge in [-0.3, -0.25) is 0 Å². The number of anilines is 1. The number of halogens is 1. The summed E-state index contributed by atoms with van der Waals surface area (Å²) in [6, 6.07) is 6.48. The van der Waals surface area contributed by atoms with Gasteiger partial charge in [0.2, 0.25) is 0 Å². The maximum atomic E-state index is 13.8. The molecule has 5 heteroatoms. The Morgan fingerprint density at radius 1 is 1.63 bits per heavy atom. The normalized spacial score (nSPS) is 12.1. The van der Waals surface area contributed by atoms with Crippen LogP contribution in [-0.2, 0) is 4.79 Å². The van der Waals surface area contributed by atoms with Crippen molar-refractivity contribution in [3.05, 3.63) is 35.7 Å². The monoisotopic (exact) mass is 262 g/mol. The molecule has 0 spiro atoms. The number of hydrogen-bond acceptors (Lipinski definition) is 3. The number of nitrogens with zero attached hydrogens (tertiary/aromatic N) is 2. The van der Waals surface area contributed by atoms with Crippen LogP contribution in [0.5, 0.6) is 0 Å². The molecule has 19 heavy (non-hydrogen) atoms. The summed E-state index contributed by atoms with van der Waals surface area (Å²) >= 11 is 0. The molecule has 1 aromatic rings. The molecule has 0 bridgehead atoms. The van der Waals surface area contributed by atoms with Gasteiger partial charge in [-0.2, -0.15) is 5.26 Å². The predicted octanol–water partition coefficient (Wildman–Crippen LogP) is 2.66. The Hall–Kier alpha value is -2.35. The Balaban J connectivity index is 3.17. The van der Waals surface area contributed by atoms with E-state index in [0.717, 1.165) is 6.08 Å². The Labute approximate surface area is 111 Å². The van der Waals surface area contributed by atoms with E-state index < -0.39 is 11.8 Å². The maximum absolute atomic E-state index is 13.8. The van der Waals surface area contributed by atoms with Gasteiger partial charge in [-0.25, -0.2) is 9.18 Å². The molecule has 0 radical (unpaired) electrons. The van der Waals surface area contributed by atoms with Crippen LogP contribution in [0.1, 0.15) is 18.9 Å². The van der Waals surface area contributed by atoms with E-state index in [0.29, 0.717) is 12.1 Å². The van der Waals surface area contributed by atoms with Crippen molar-refractivity contribution in [2.24, 2.45) is 0 Å². The molecule has 1 unspecified atom stereocenters. The van der Waals surface area contributed by atoms with Gasteiger partial charge in [0.15, 0.2) is 0 Å². The Bertz CT molecular complexity index is 535. The van der Waals surface area contributed by atoms with Crippen LogP contribution >= 0.6 is 0 Å². The van der Waals surface area contributed by atoms with Crippen LogP contribution in [0.15, 0.2) is 24.3 Å². The first-order chi connectivity index (χ1) is 8.97. The molecule has 0 saturated heterocycles. The summed E-state index contributed by atoms with van der Waals surface area (Å²) in [6.07, 6.45) is 2.42. The molecule has 1 atom stereocenters. The van der Waals surface area contributed by atoms with Crippen LogP contribution in [0.4, 0.5) is 10.1 Å². The highest BCUT2D eigenvalue weighted by molar-refractivity contribution is 5.87. The Morgan fingerprint density at radius 2 is 2.32 bits per heavy atom. The van der Waals surface area contributed by atoms with E-state index in [1.807, 2.05) is 6.92 Å². The van der Waals surface area contributed by atoms with Gasteiger partial charge in [0.1, 0.15) is 5.82 Å². The first kappa shape index (κ1) is 14.7. The second-order valence-corrected chi connectivity index (χ2v) is 4.17. The molecule has 4 nitrogen and oxygen atoms in total. The van der Waals surface area contributed by atoms with Crippen molar-refractivity contribution in [1.82, 2.24) is 0 Å². The van der Waals surface area contributed by atoms with Crippen molar-refractivity contribution < 1.29 is 14.3 Å². The average molecular weight is 262 g/mol. The van der Waals surface area contributed by atoms with Gasteiger partial charge in [-0.15, -0.1) is 0 Å². The lowest BCUT2D eigenvalue weighted by Crippen LogP contribution is -2.29. The van der Waals surface area contributed by atoms with Crippen molar-refractivity contribution >= 4 is 17.7 Å². The number of carboxylic acids is 1. The third-order valence-corrected chi connectivity index (χ3v) is 2.85. The quantitative estimate of drug-likeness (QED) is 0.828. The van der Waals surface area contributed by atoms with Crippen LogP contribution in [0, 0.1) is 17.1 Å². The standard InChI is InChI=1S/C14H15FN2O2/c1-10(8-9-16)17(2)13-5-3-4-12(15)11(13)6-7-14(18)19/h3-7,10H,8H2,1-2H3,(H,18,19)/b7-6+. The zero-order valence-electron chi connectivity index (χ0n) is 10.8. The molecule has 1 N–H and O–H groups in total. The van der Waals surface area contributed by atoms with Crippen LogP contribution in [-0.4, -0.2) is 24.2 Å². The minimum Gasteiger partial charge on any atom is -0.478 e. The van der Waals surface area contributed by atoms with Gasteiger partial charge in [-0.1, -0.05) is 6.07 Å². The lowest BCUT2D eigenvalue weighted by atomic mass is 10.1. The lowest BCUT2D eigenvalue weighted by molar-refractivity contribution is -0.131. The molecule has 0 fully saturated rings. The molecule has 100 valence electrons. The third kappa shape index (κ3) is 3.81. The van der Waals surface area contributed by atoms with E-state index in [9.17, 15) is 9.18 Å². The number of aliphatic carboxylic acids is 1. The second-order valence-electron chi connectivity index (χ2n) is 4.17. The van der Waals surface area contributed by atoms with E-state index in [2.05, 4.69) is 6.07 Å². The fourth-order valence-corrected chi connectivity index (χ4v) is 1.66. The van der Waals surface area contributed by atoms with Gasteiger partial charge in [-0.05, 0) is 25.1 Å². The molecule has 0 saturated carbocycles. The summed E-state index contributed by atoms with van der Waals surface area (Å²) in [5.74, 6) is -1.63. The summed E-state index contributed by atoms with van der Waals surface area (Å²) in [5.41, 5.74) is 0.762. The van der Waals surface area contributed by atoms with Crippen LogP contribution in [0.2, 0.25) is 0 Å². The summed E-state index contributed by atoms with van der Waals surface area (Å²) in [5, 5.41) is 17.3. The first-order valence-electron chi connectivity index (χ1n) is 5.76. The molecule has 0 aliphatic carbocycles. The molecule has 0 aliphatic heterocycles. The SMILES string of the molecule is CC(CC#N)N(C)c1cccc(F)c1/C=C/C(=O)O. The van der Waals surface area contributed by atoms with Gasteiger partial charge in [0.25, 0.3) is 0 Å². The molecular formula is C14H15FN2O2. The van der Waals surface area contributed by atoms with E-state index in [1.165, 1.54) is 12.1 Å². The van der Waals surface area contributed by atoms with Crippen LogP contribution in [0.25, 0.3) is 6.08 Å². The minimum absolute atomic E-state index is 0.0937. The highest BCUT2D eigenvalue weighted by Crippen LogP contribution is 2.25. The zero-order chi connectivity index (χ0) is 14.4. The predicted molar refractivity (Wildman–Crippen MR) is 71.2 cm³/mol. The van der Waals surface area contributed by atoms with Gasteiger partial charge in [0.05, 0.1) is 12.5 Å². The largest absolute Gasteiger partial charge is 0.478 e. The first-order valence-corrected chi connectivity index (χ1v) is 5.76. The van der Waals surface area contributed by atoms with Crippen molar-refractivity contribution in [1.29, 1.82) is 5.26 Å². The average Bonchev–Trinajstić information content (AvgIpc) is 2.36. The molecule has 0 heterocycles. The van der Waals surface area contributed by atoms with Crippen LogP contribution < -0.4 is 4.90 Å². The van der Waals surface area contributed by atoms with Crippen molar-refractivity contribution in [2.45, 2.75) is 19.4 Å². The maximum Gasteiger partial charge on any atom is 0.328 e. The fourth-order valence-electron chi connectivity index (χ4n) is 1.66. The highest BCUT2D eigenvalue weighted by atomic mass is 19.1. The summed E-state index contributed by atoms with van der Waals surface area (Å²) in [6.45, 7) is 1.85. The fraction of sp³-hybridized carbons (Fsp3) is 0.286. The number of hydrogen-bond donors (Lipinski definition) is 1. The van der Waals surface area contributed by atoms with Gasteiger partial charge in [0, 0.05) is 30.4 Å². The number of benzene rings is 1. The Morgan fingerprint density at radius 3 is 2.89 bits per heavy atom. The van der Waals surface area contributed by atoms with E-state index in [4.69, 9.17) is 10.4 Å². The summed E-state index contributed by atoms with van der Waals surface area (Å²) in [7, 11) is 1.74. The highest BCUT2D eigenvalue weighted by Gasteiger charge is 2.14. The topological polar surface area (TPSA) is 64.3 Å². The smallest absolute Gasteiger partial charge is 0.328 e. The summed E-state index contributed by atoms with van der Waals surface area (Å²) in [4.78, 5) is 12.3. The van der Waals surface area contributed by atoms with Crippen molar-refractivity contribution in [3.63, 3.8) is 0 Å². The summed E-state index contributed by atoms with van der Waals surface area (Å²) < 4.78 is 13.8.